The zero-order chi connectivity index (χ0) is 11.8. The lowest BCUT2D eigenvalue weighted by Gasteiger charge is -2.04. The maximum atomic E-state index is 4.10. The molecule has 0 aromatic carbocycles. The van der Waals surface area contributed by atoms with Crippen molar-refractivity contribution in [3.63, 3.8) is 0 Å². The quantitative estimate of drug-likeness (QED) is 0.765. The van der Waals surface area contributed by atoms with Crippen LogP contribution in [0.25, 0.3) is 0 Å². The van der Waals surface area contributed by atoms with E-state index in [0.717, 1.165) is 25.9 Å². The SMILES string of the molecule is c1cncc(CCNCCc2cccnc2)c1. The molecule has 17 heavy (non-hydrogen) atoms. The van der Waals surface area contributed by atoms with E-state index in [1.807, 2.05) is 24.5 Å². The van der Waals surface area contributed by atoms with Gasteiger partial charge >= 0.3 is 0 Å². The van der Waals surface area contributed by atoms with Gasteiger partial charge in [0.1, 0.15) is 0 Å². The molecule has 0 fully saturated rings. The number of rotatable bonds is 6. The standard InChI is InChI=1S/C14H17N3/c1-3-13(11-16-7-1)5-9-15-10-6-14-4-2-8-17-12-14/h1-4,7-8,11-12,15H,5-6,9-10H2. The summed E-state index contributed by atoms with van der Waals surface area (Å²) in [6, 6.07) is 8.17. The van der Waals surface area contributed by atoms with Crippen LogP contribution in [0.4, 0.5) is 0 Å². The first-order valence-electron chi connectivity index (χ1n) is 5.94. The number of hydrogen-bond donors (Lipinski definition) is 1. The number of aromatic nitrogens is 2. The topological polar surface area (TPSA) is 37.8 Å². The van der Waals surface area contributed by atoms with Gasteiger partial charge in [0.05, 0.1) is 0 Å². The molecule has 0 bridgehead atoms. The normalized spacial score (nSPS) is 10.4. The van der Waals surface area contributed by atoms with Crippen LogP contribution in [0.3, 0.4) is 0 Å². The highest BCUT2D eigenvalue weighted by atomic mass is 14.8. The minimum Gasteiger partial charge on any atom is -0.316 e. The van der Waals surface area contributed by atoms with E-state index in [1.165, 1.54) is 11.1 Å². The molecule has 2 rings (SSSR count). The highest BCUT2D eigenvalue weighted by Crippen LogP contribution is 1.97. The van der Waals surface area contributed by atoms with Crippen molar-refractivity contribution < 1.29 is 0 Å². The largest absolute Gasteiger partial charge is 0.316 e. The van der Waals surface area contributed by atoms with Crippen LogP contribution in [0.2, 0.25) is 0 Å². The Morgan fingerprint density at radius 3 is 1.76 bits per heavy atom. The number of nitrogens with one attached hydrogen (secondary N) is 1. The van der Waals surface area contributed by atoms with E-state index in [2.05, 4.69) is 27.4 Å². The maximum absolute atomic E-state index is 4.10. The van der Waals surface area contributed by atoms with Crippen molar-refractivity contribution >= 4 is 0 Å². The predicted molar refractivity (Wildman–Crippen MR) is 68.8 cm³/mol. The van der Waals surface area contributed by atoms with Crippen LogP contribution in [0.15, 0.2) is 49.1 Å². The Hall–Kier alpha value is -1.74. The first-order valence-corrected chi connectivity index (χ1v) is 5.94. The van der Waals surface area contributed by atoms with Gasteiger partial charge in [-0.1, -0.05) is 12.1 Å². The van der Waals surface area contributed by atoms with Crippen molar-refractivity contribution in [2.45, 2.75) is 12.8 Å². The van der Waals surface area contributed by atoms with Gasteiger partial charge in [0, 0.05) is 24.8 Å². The minimum atomic E-state index is 0.992. The second-order valence-corrected chi connectivity index (χ2v) is 3.97. The molecular formula is C14H17N3. The molecule has 3 nitrogen and oxygen atoms in total. The molecule has 0 aliphatic rings. The highest BCUT2D eigenvalue weighted by Gasteiger charge is 1.93. The van der Waals surface area contributed by atoms with Crippen LogP contribution in [0, 0.1) is 0 Å². The van der Waals surface area contributed by atoms with Crippen LogP contribution in [0.1, 0.15) is 11.1 Å². The van der Waals surface area contributed by atoms with Gasteiger partial charge in [-0.3, -0.25) is 9.97 Å². The number of nitrogens with zero attached hydrogens (tertiary/aromatic N) is 2. The maximum Gasteiger partial charge on any atom is 0.0300 e. The molecule has 0 unspecified atom stereocenters. The van der Waals surface area contributed by atoms with Crippen LogP contribution in [0.5, 0.6) is 0 Å². The van der Waals surface area contributed by atoms with Crippen LogP contribution < -0.4 is 5.32 Å². The summed E-state index contributed by atoms with van der Waals surface area (Å²) < 4.78 is 0. The Morgan fingerprint density at radius 1 is 0.824 bits per heavy atom. The molecule has 0 radical (unpaired) electrons. The van der Waals surface area contributed by atoms with Crippen molar-refractivity contribution in [3.8, 4) is 0 Å². The molecule has 2 aromatic rings. The predicted octanol–water partition coefficient (Wildman–Crippen LogP) is 1.85. The van der Waals surface area contributed by atoms with Crippen molar-refractivity contribution in [1.82, 2.24) is 15.3 Å². The smallest absolute Gasteiger partial charge is 0.0300 e. The van der Waals surface area contributed by atoms with Crippen molar-refractivity contribution in [3.05, 3.63) is 60.2 Å². The molecule has 0 atom stereocenters. The van der Waals surface area contributed by atoms with Gasteiger partial charge in [-0.15, -0.1) is 0 Å². The van der Waals surface area contributed by atoms with E-state index in [1.54, 1.807) is 12.4 Å². The molecule has 2 heterocycles. The van der Waals surface area contributed by atoms with Crippen molar-refractivity contribution in [2.75, 3.05) is 13.1 Å². The third-order valence-electron chi connectivity index (χ3n) is 2.63. The fourth-order valence-electron chi connectivity index (χ4n) is 1.68. The summed E-state index contributed by atoms with van der Waals surface area (Å²) in [4.78, 5) is 8.19. The zero-order valence-corrected chi connectivity index (χ0v) is 9.84. The molecule has 0 saturated heterocycles. The number of hydrogen-bond acceptors (Lipinski definition) is 3. The van der Waals surface area contributed by atoms with Crippen molar-refractivity contribution in [1.29, 1.82) is 0 Å². The first-order chi connectivity index (χ1) is 8.45. The summed E-state index contributed by atoms with van der Waals surface area (Å²) in [5, 5.41) is 3.43. The van der Waals surface area contributed by atoms with Gasteiger partial charge in [-0.25, -0.2) is 0 Å². The Kier molecular flexibility index (Phi) is 4.67. The summed E-state index contributed by atoms with van der Waals surface area (Å²) in [5.74, 6) is 0. The fraction of sp³-hybridized carbons (Fsp3) is 0.286. The Morgan fingerprint density at radius 2 is 1.35 bits per heavy atom. The van der Waals surface area contributed by atoms with Gasteiger partial charge in [0.2, 0.25) is 0 Å². The van der Waals surface area contributed by atoms with E-state index >= 15 is 0 Å². The van der Waals surface area contributed by atoms with Gasteiger partial charge in [-0.2, -0.15) is 0 Å². The minimum absolute atomic E-state index is 0.992. The second kappa shape index (κ2) is 6.76. The molecule has 0 spiro atoms. The summed E-state index contributed by atoms with van der Waals surface area (Å²) in [6.45, 7) is 1.98. The Labute approximate surface area is 102 Å². The van der Waals surface area contributed by atoms with E-state index < -0.39 is 0 Å². The Bertz CT molecular complexity index is 372. The molecule has 0 aliphatic carbocycles. The van der Waals surface area contributed by atoms with E-state index in [4.69, 9.17) is 0 Å². The monoisotopic (exact) mass is 227 g/mol. The third-order valence-corrected chi connectivity index (χ3v) is 2.63. The summed E-state index contributed by atoms with van der Waals surface area (Å²) >= 11 is 0. The van der Waals surface area contributed by atoms with Gasteiger partial charge in [0.15, 0.2) is 0 Å². The molecule has 0 saturated carbocycles. The van der Waals surface area contributed by atoms with Gasteiger partial charge in [0.25, 0.3) is 0 Å². The van der Waals surface area contributed by atoms with E-state index in [9.17, 15) is 0 Å². The summed E-state index contributed by atoms with van der Waals surface area (Å²) in [6.07, 6.45) is 9.51. The van der Waals surface area contributed by atoms with E-state index in [-0.39, 0.29) is 0 Å². The van der Waals surface area contributed by atoms with Crippen LogP contribution in [-0.2, 0) is 12.8 Å². The van der Waals surface area contributed by atoms with Crippen LogP contribution >= 0.6 is 0 Å². The molecular weight excluding hydrogens is 210 g/mol. The molecule has 88 valence electrons. The average molecular weight is 227 g/mol. The Balaban J connectivity index is 1.61. The third kappa shape index (κ3) is 4.33. The molecule has 3 heteroatoms. The lowest BCUT2D eigenvalue weighted by atomic mass is 10.2. The summed E-state index contributed by atoms with van der Waals surface area (Å²) in [5.41, 5.74) is 2.56. The lowest BCUT2D eigenvalue weighted by Crippen LogP contribution is -2.20. The highest BCUT2D eigenvalue weighted by molar-refractivity contribution is 5.09. The van der Waals surface area contributed by atoms with Gasteiger partial charge in [-0.05, 0) is 49.2 Å². The van der Waals surface area contributed by atoms with Gasteiger partial charge < -0.3 is 5.32 Å². The zero-order valence-electron chi connectivity index (χ0n) is 9.84. The van der Waals surface area contributed by atoms with E-state index in [0.29, 0.717) is 0 Å². The second-order valence-electron chi connectivity index (χ2n) is 3.97. The molecule has 0 aliphatic heterocycles. The first kappa shape index (κ1) is 11.7. The summed E-state index contributed by atoms with van der Waals surface area (Å²) in [7, 11) is 0. The lowest BCUT2D eigenvalue weighted by molar-refractivity contribution is 0.680. The molecule has 0 amide bonds. The molecule has 1 N–H and O–H groups in total. The molecule has 2 aromatic heterocycles. The fourth-order valence-corrected chi connectivity index (χ4v) is 1.68. The average Bonchev–Trinajstić information content (AvgIpc) is 2.41. The van der Waals surface area contributed by atoms with Crippen LogP contribution in [-0.4, -0.2) is 23.1 Å². The van der Waals surface area contributed by atoms with Crippen molar-refractivity contribution in [2.24, 2.45) is 0 Å². The number of pyridine rings is 2.